The molecule has 0 heterocycles. The number of rotatable bonds is 4. The van der Waals surface area contributed by atoms with E-state index in [1.165, 1.54) is 12.8 Å². The second-order valence-electron chi connectivity index (χ2n) is 3.89. The molecule has 0 saturated heterocycles. The summed E-state index contributed by atoms with van der Waals surface area (Å²) in [6.07, 6.45) is 5.78. The largest absolute Gasteiger partial charge is 0.390 e. The Morgan fingerprint density at radius 3 is 2.50 bits per heavy atom. The van der Waals surface area contributed by atoms with Gasteiger partial charge in [0.15, 0.2) is 0 Å². The second kappa shape index (κ2) is 2.91. The van der Waals surface area contributed by atoms with Crippen LogP contribution in [0.2, 0.25) is 0 Å². The van der Waals surface area contributed by atoms with E-state index < -0.39 is 0 Å². The molecule has 1 fully saturated rings. The van der Waals surface area contributed by atoms with E-state index in [4.69, 9.17) is 0 Å². The summed E-state index contributed by atoms with van der Waals surface area (Å²) in [5.74, 6) is 0.849. The first-order valence-electron chi connectivity index (χ1n) is 4.36. The van der Waals surface area contributed by atoms with Crippen molar-refractivity contribution in [1.82, 2.24) is 0 Å². The highest BCUT2D eigenvalue weighted by atomic mass is 16.3. The fraction of sp³-hybridized carbons (Fsp3) is 1.00. The van der Waals surface area contributed by atoms with Gasteiger partial charge in [-0.2, -0.15) is 0 Å². The van der Waals surface area contributed by atoms with E-state index in [9.17, 15) is 5.11 Å². The Morgan fingerprint density at radius 2 is 2.10 bits per heavy atom. The van der Waals surface area contributed by atoms with Gasteiger partial charge in [-0.25, -0.2) is 0 Å². The lowest BCUT2D eigenvalue weighted by Gasteiger charge is -2.21. The minimum Gasteiger partial charge on any atom is -0.390 e. The van der Waals surface area contributed by atoms with Crippen molar-refractivity contribution < 1.29 is 5.11 Å². The number of hydrogen-bond donors (Lipinski definition) is 1. The first-order chi connectivity index (χ1) is 4.64. The predicted octanol–water partition coefficient (Wildman–Crippen LogP) is 2.34. The third-order valence-corrected chi connectivity index (χ3v) is 2.21. The van der Waals surface area contributed by atoms with Crippen LogP contribution in [-0.2, 0) is 0 Å². The quantitative estimate of drug-likeness (QED) is 0.638. The Labute approximate surface area is 63.4 Å². The zero-order valence-corrected chi connectivity index (χ0v) is 7.06. The predicted molar refractivity (Wildman–Crippen MR) is 42.9 cm³/mol. The van der Waals surface area contributed by atoms with Crippen LogP contribution in [0.1, 0.15) is 46.0 Å². The number of hydrogen-bond acceptors (Lipinski definition) is 1. The first-order valence-corrected chi connectivity index (χ1v) is 4.36. The van der Waals surface area contributed by atoms with Gasteiger partial charge in [-0.05, 0) is 25.7 Å². The molecule has 0 aromatic heterocycles. The van der Waals surface area contributed by atoms with E-state index in [1.807, 2.05) is 6.92 Å². The molecule has 1 nitrogen and oxygen atoms in total. The zero-order chi connectivity index (χ0) is 7.61. The van der Waals surface area contributed by atoms with Crippen LogP contribution in [0, 0.1) is 5.92 Å². The van der Waals surface area contributed by atoms with E-state index in [0.717, 1.165) is 25.2 Å². The zero-order valence-electron chi connectivity index (χ0n) is 7.06. The molecule has 1 N–H and O–H groups in total. The summed E-state index contributed by atoms with van der Waals surface area (Å²) >= 11 is 0. The third kappa shape index (κ3) is 2.70. The Kier molecular flexibility index (Phi) is 2.35. The van der Waals surface area contributed by atoms with Gasteiger partial charge >= 0.3 is 0 Å². The monoisotopic (exact) mass is 142 g/mol. The molecule has 60 valence electrons. The van der Waals surface area contributed by atoms with Gasteiger partial charge in [0.05, 0.1) is 5.60 Å². The molecule has 1 aliphatic carbocycles. The Bertz CT molecular complexity index is 103. The second-order valence-corrected chi connectivity index (χ2v) is 3.89. The van der Waals surface area contributed by atoms with Crippen molar-refractivity contribution in [2.24, 2.45) is 5.92 Å². The highest BCUT2D eigenvalue weighted by molar-refractivity contribution is 4.83. The topological polar surface area (TPSA) is 20.2 Å². The maximum Gasteiger partial charge on any atom is 0.0622 e. The molecule has 0 aromatic carbocycles. The lowest BCUT2D eigenvalue weighted by Crippen LogP contribution is -2.24. The van der Waals surface area contributed by atoms with Crippen molar-refractivity contribution in [1.29, 1.82) is 0 Å². The summed E-state index contributed by atoms with van der Waals surface area (Å²) in [5.41, 5.74) is -0.365. The van der Waals surface area contributed by atoms with E-state index >= 15 is 0 Å². The molecule has 0 aromatic rings. The molecule has 0 amide bonds. The molecular weight excluding hydrogens is 124 g/mol. The van der Waals surface area contributed by atoms with E-state index in [2.05, 4.69) is 6.92 Å². The molecule has 1 rings (SSSR count). The van der Waals surface area contributed by atoms with Crippen molar-refractivity contribution in [2.45, 2.75) is 51.6 Å². The first kappa shape index (κ1) is 8.06. The molecule has 1 heteroatoms. The van der Waals surface area contributed by atoms with Crippen LogP contribution in [0.25, 0.3) is 0 Å². The smallest absolute Gasteiger partial charge is 0.0622 e. The lowest BCUT2D eigenvalue weighted by atomic mass is 9.94. The Hall–Kier alpha value is -0.0400. The molecule has 10 heavy (non-hydrogen) atoms. The molecule has 0 spiro atoms. The molecular formula is C9H18O. The molecule has 0 bridgehead atoms. The average molecular weight is 142 g/mol. The minimum atomic E-state index is -0.365. The van der Waals surface area contributed by atoms with Crippen LogP contribution >= 0.6 is 0 Å². The van der Waals surface area contributed by atoms with E-state index in [1.54, 1.807) is 0 Å². The normalized spacial score (nSPS) is 24.3. The third-order valence-electron chi connectivity index (χ3n) is 2.21. The maximum absolute atomic E-state index is 9.72. The van der Waals surface area contributed by atoms with Crippen LogP contribution < -0.4 is 0 Å². The molecule has 0 aliphatic heterocycles. The summed E-state index contributed by atoms with van der Waals surface area (Å²) in [7, 11) is 0. The van der Waals surface area contributed by atoms with Gasteiger partial charge in [0.25, 0.3) is 0 Å². The van der Waals surface area contributed by atoms with Gasteiger partial charge < -0.3 is 5.11 Å². The van der Waals surface area contributed by atoms with Gasteiger partial charge in [0.1, 0.15) is 0 Å². The van der Waals surface area contributed by atoms with Crippen molar-refractivity contribution in [2.75, 3.05) is 0 Å². The molecule has 1 unspecified atom stereocenters. The van der Waals surface area contributed by atoms with Crippen molar-refractivity contribution in [3.05, 3.63) is 0 Å². The molecule has 1 saturated carbocycles. The Morgan fingerprint density at radius 1 is 1.50 bits per heavy atom. The van der Waals surface area contributed by atoms with Crippen LogP contribution in [0.5, 0.6) is 0 Å². The molecule has 1 atom stereocenters. The van der Waals surface area contributed by atoms with Crippen molar-refractivity contribution in [3.8, 4) is 0 Å². The van der Waals surface area contributed by atoms with Crippen molar-refractivity contribution >= 4 is 0 Å². The van der Waals surface area contributed by atoms with Crippen LogP contribution in [0.3, 0.4) is 0 Å². The van der Waals surface area contributed by atoms with Crippen LogP contribution in [0.15, 0.2) is 0 Å². The van der Waals surface area contributed by atoms with Gasteiger partial charge in [-0.1, -0.05) is 26.2 Å². The van der Waals surface area contributed by atoms with Gasteiger partial charge in [-0.3, -0.25) is 0 Å². The Balaban J connectivity index is 2.19. The van der Waals surface area contributed by atoms with Crippen LogP contribution in [0.4, 0.5) is 0 Å². The average Bonchev–Trinajstić information content (AvgIpc) is 2.48. The minimum absolute atomic E-state index is 0.365. The summed E-state index contributed by atoms with van der Waals surface area (Å²) in [5, 5.41) is 9.72. The number of aliphatic hydroxyl groups is 1. The maximum atomic E-state index is 9.72. The summed E-state index contributed by atoms with van der Waals surface area (Å²) < 4.78 is 0. The lowest BCUT2D eigenvalue weighted by molar-refractivity contribution is 0.0357. The highest BCUT2D eigenvalue weighted by Gasteiger charge is 2.30. The van der Waals surface area contributed by atoms with Gasteiger partial charge in [0.2, 0.25) is 0 Å². The van der Waals surface area contributed by atoms with E-state index in [-0.39, 0.29) is 5.60 Å². The highest BCUT2D eigenvalue weighted by Crippen LogP contribution is 2.37. The summed E-state index contributed by atoms with van der Waals surface area (Å²) in [6, 6.07) is 0. The molecule has 1 aliphatic rings. The van der Waals surface area contributed by atoms with E-state index in [0.29, 0.717) is 0 Å². The fourth-order valence-electron chi connectivity index (χ4n) is 1.58. The van der Waals surface area contributed by atoms with Gasteiger partial charge in [-0.15, -0.1) is 0 Å². The fourth-order valence-corrected chi connectivity index (χ4v) is 1.58. The van der Waals surface area contributed by atoms with Crippen molar-refractivity contribution in [3.63, 3.8) is 0 Å². The summed E-state index contributed by atoms with van der Waals surface area (Å²) in [6.45, 7) is 4.09. The standard InChI is InChI=1S/C9H18O/c1-3-6-9(2,10)7-8-4-5-8/h8,10H,3-7H2,1-2H3. The molecule has 0 radical (unpaired) electrons. The van der Waals surface area contributed by atoms with Gasteiger partial charge in [0, 0.05) is 0 Å². The summed E-state index contributed by atoms with van der Waals surface area (Å²) in [4.78, 5) is 0. The SMILES string of the molecule is CCCC(C)(O)CC1CC1. The van der Waals surface area contributed by atoms with Crippen LogP contribution in [-0.4, -0.2) is 10.7 Å².